The third-order valence-electron chi connectivity index (χ3n) is 3.17. The fourth-order valence-corrected chi connectivity index (χ4v) is 1.34. The first-order valence-corrected chi connectivity index (χ1v) is 5.27. The van der Waals surface area contributed by atoms with E-state index in [1.54, 1.807) is 0 Å². The van der Waals surface area contributed by atoms with Crippen LogP contribution in [-0.4, -0.2) is 4.87 Å². The van der Waals surface area contributed by atoms with Gasteiger partial charge >= 0.3 is 0 Å². The Morgan fingerprint density at radius 1 is 1.17 bits per heavy atom. The smallest absolute Gasteiger partial charge is 0.0441 e. The van der Waals surface area contributed by atoms with E-state index in [9.17, 15) is 0 Å². The minimum absolute atomic E-state index is 0.101. The van der Waals surface area contributed by atoms with Crippen molar-refractivity contribution in [3.63, 3.8) is 0 Å². The summed E-state index contributed by atoms with van der Waals surface area (Å²) in [7, 11) is 0. The zero-order chi connectivity index (χ0) is 9.99. The molecular weight excluding hydrogens is 168 g/mol. The molecule has 0 fully saturated rings. The minimum Gasteiger partial charge on any atom is -0.119 e. The normalized spacial score (nSPS) is 16.2. The summed E-state index contributed by atoms with van der Waals surface area (Å²) in [5, 5.41) is 0. The molecule has 1 atom stereocenters. The van der Waals surface area contributed by atoms with Gasteiger partial charge in [0.2, 0.25) is 0 Å². The van der Waals surface area contributed by atoms with Crippen molar-refractivity contribution in [2.75, 3.05) is 0 Å². The van der Waals surface area contributed by atoms with Gasteiger partial charge in [0.1, 0.15) is 0 Å². The summed E-state index contributed by atoms with van der Waals surface area (Å²) in [6.07, 6.45) is 2.45. The SMILES string of the molecule is CCC(C)CC(C)(C)C(C)(C)Cl. The molecule has 0 amide bonds. The molecular formula is C11H23Cl. The summed E-state index contributed by atoms with van der Waals surface area (Å²) < 4.78 is 0. The van der Waals surface area contributed by atoms with Gasteiger partial charge in [-0.3, -0.25) is 0 Å². The predicted molar refractivity (Wildman–Crippen MR) is 57.8 cm³/mol. The summed E-state index contributed by atoms with van der Waals surface area (Å²) in [5.41, 5.74) is 0.226. The van der Waals surface area contributed by atoms with E-state index in [1.807, 2.05) is 0 Å². The minimum atomic E-state index is -0.101. The monoisotopic (exact) mass is 190 g/mol. The van der Waals surface area contributed by atoms with E-state index in [0.29, 0.717) is 0 Å². The van der Waals surface area contributed by atoms with Gasteiger partial charge in [0, 0.05) is 4.87 Å². The van der Waals surface area contributed by atoms with Gasteiger partial charge in [-0.05, 0) is 31.6 Å². The lowest BCUT2D eigenvalue weighted by Gasteiger charge is -2.38. The van der Waals surface area contributed by atoms with E-state index in [2.05, 4.69) is 41.5 Å². The summed E-state index contributed by atoms with van der Waals surface area (Å²) in [6, 6.07) is 0. The molecule has 0 bridgehead atoms. The first-order chi connectivity index (χ1) is 5.20. The van der Waals surface area contributed by atoms with Gasteiger partial charge in [-0.25, -0.2) is 0 Å². The van der Waals surface area contributed by atoms with Crippen molar-refractivity contribution in [2.45, 2.75) is 59.3 Å². The molecule has 1 unspecified atom stereocenters. The Hall–Kier alpha value is 0.290. The van der Waals surface area contributed by atoms with E-state index in [4.69, 9.17) is 11.6 Å². The Balaban J connectivity index is 4.22. The van der Waals surface area contributed by atoms with Crippen LogP contribution in [0.25, 0.3) is 0 Å². The summed E-state index contributed by atoms with van der Waals surface area (Å²) in [5.74, 6) is 0.776. The van der Waals surface area contributed by atoms with E-state index in [0.717, 1.165) is 5.92 Å². The van der Waals surface area contributed by atoms with E-state index in [-0.39, 0.29) is 10.3 Å². The Bertz CT molecular complexity index is 130. The molecule has 0 aliphatic heterocycles. The van der Waals surface area contributed by atoms with Crippen LogP contribution < -0.4 is 0 Å². The average Bonchev–Trinajstić information content (AvgIpc) is 1.84. The first kappa shape index (κ1) is 12.3. The molecule has 0 radical (unpaired) electrons. The maximum atomic E-state index is 6.33. The fraction of sp³-hybridized carbons (Fsp3) is 1.00. The van der Waals surface area contributed by atoms with Crippen molar-refractivity contribution in [1.82, 2.24) is 0 Å². The third-order valence-corrected chi connectivity index (χ3v) is 3.68. The zero-order valence-corrected chi connectivity index (χ0v) is 10.1. The number of halogens is 1. The second-order valence-corrected chi connectivity index (χ2v) is 6.02. The number of hydrogen-bond donors (Lipinski definition) is 0. The van der Waals surface area contributed by atoms with Gasteiger partial charge in [-0.15, -0.1) is 11.6 Å². The molecule has 0 aliphatic rings. The van der Waals surface area contributed by atoms with Crippen molar-refractivity contribution in [3.8, 4) is 0 Å². The summed E-state index contributed by atoms with van der Waals surface area (Å²) >= 11 is 6.33. The number of hydrogen-bond acceptors (Lipinski definition) is 0. The lowest BCUT2D eigenvalue weighted by molar-refractivity contribution is 0.212. The lowest BCUT2D eigenvalue weighted by atomic mass is 9.73. The predicted octanol–water partition coefficient (Wildman–Crippen LogP) is 4.47. The van der Waals surface area contributed by atoms with Crippen LogP contribution in [0.2, 0.25) is 0 Å². The van der Waals surface area contributed by atoms with Gasteiger partial charge in [0.25, 0.3) is 0 Å². The molecule has 0 nitrogen and oxygen atoms in total. The van der Waals surface area contributed by atoms with Crippen molar-refractivity contribution in [2.24, 2.45) is 11.3 Å². The van der Waals surface area contributed by atoms with E-state index in [1.165, 1.54) is 12.8 Å². The highest BCUT2D eigenvalue weighted by atomic mass is 35.5. The van der Waals surface area contributed by atoms with Gasteiger partial charge in [0.15, 0.2) is 0 Å². The molecule has 0 saturated carbocycles. The molecule has 0 N–H and O–H groups in total. The van der Waals surface area contributed by atoms with Crippen LogP contribution in [0.15, 0.2) is 0 Å². The van der Waals surface area contributed by atoms with Gasteiger partial charge in [-0.1, -0.05) is 34.1 Å². The van der Waals surface area contributed by atoms with Crippen molar-refractivity contribution < 1.29 is 0 Å². The molecule has 0 rings (SSSR count). The molecule has 0 heterocycles. The fourth-order valence-electron chi connectivity index (χ4n) is 1.26. The lowest BCUT2D eigenvalue weighted by Crippen LogP contribution is -2.35. The van der Waals surface area contributed by atoms with Gasteiger partial charge < -0.3 is 0 Å². The molecule has 74 valence electrons. The Labute approximate surface area is 82.7 Å². The van der Waals surface area contributed by atoms with Crippen LogP contribution in [0.1, 0.15) is 54.4 Å². The molecule has 0 aromatic carbocycles. The molecule has 12 heavy (non-hydrogen) atoms. The van der Waals surface area contributed by atoms with Crippen LogP contribution in [0.3, 0.4) is 0 Å². The van der Waals surface area contributed by atoms with Crippen molar-refractivity contribution in [3.05, 3.63) is 0 Å². The maximum absolute atomic E-state index is 6.33. The van der Waals surface area contributed by atoms with E-state index < -0.39 is 0 Å². The molecule has 0 spiro atoms. The van der Waals surface area contributed by atoms with Crippen LogP contribution in [-0.2, 0) is 0 Å². The largest absolute Gasteiger partial charge is 0.119 e. The molecule has 0 saturated heterocycles. The average molecular weight is 191 g/mol. The van der Waals surface area contributed by atoms with Crippen LogP contribution >= 0.6 is 11.6 Å². The second kappa shape index (κ2) is 4.00. The van der Waals surface area contributed by atoms with E-state index >= 15 is 0 Å². The van der Waals surface area contributed by atoms with Crippen molar-refractivity contribution >= 4 is 11.6 Å². The maximum Gasteiger partial charge on any atom is 0.0441 e. The molecule has 1 heteroatoms. The number of alkyl halides is 1. The topological polar surface area (TPSA) is 0 Å². The van der Waals surface area contributed by atoms with Gasteiger partial charge in [0.05, 0.1) is 0 Å². The third kappa shape index (κ3) is 3.35. The highest BCUT2D eigenvalue weighted by Crippen LogP contribution is 2.41. The number of rotatable bonds is 4. The van der Waals surface area contributed by atoms with Crippen LogP contribution in [0.4, 0.5) is 0 Å². The van der Waals surface area contributed by atoms with Crippen LogP contribution in [0, 0.1) is 11.3 Å². The Kier molecular flexibility index (Phi) is 4.10. The van der Waals surface area contributed by atoms with Gasteiger partial charge in [-0.2, -0.15) is 0 Å². The molecule has 0 aromatic heterocycles. The second-order valence-electron chi connectivity index (χ2n) is 5.07. The highest BCUT2D eigenvalue weighted by molar-refractivity contribution is 6.23. The summed E-state index contributed by atoms with van der Waals surface area (Å²) in [4.78, 5) is -0.101. The summed E-state index contributed by atoms with van der Waals surface area (Å²) in [6.45, 7) is 13.3. The standard InChI is InChI=1S/C11H23Cl/c1-7-9(2)8-10(3,4)11(5,6)12/h9H,7-8H2,1-6H3. The zero-order valence-electron chi connectivity index (χ0n) is 9.37. The van der Waals surface area contributed by atoms with Crippen molar-refractivity contribution in [1.29, 1.82) is 0 Å². The Morgan fingerprint density at radius 2 is 1.58 bits per heavy atom. The molecule has 0 aliphatic carbocycles. The Morgan fingerprint density at radius 3 is 1.83 bits per heavy atom. The van der Waals surface area contributed by atoms with Crippen LogP contribution in [0.5, 0.6) is 0 Å². The molecule has 0 aromatic rings. The first-order valence-electron chi connectivity index (χ1n) is 4.89. The highest BCUT2D eigenvalue weighted by Gasteiger charge is 2.35. The quantitative estimate of drug-likeness (QED) is 0.574.